The second-order valence-electron chi connectivity index (χ2n) is 4.03. The summed E-state index contributed by atoms with van der Waals surface area (Å²) < 4.78 is 0. The van der Waals surface area contributed by atoms with Crippen LogP contribution in [0.2, 0.25) is 0 Å². The zero-order valence-corrected chi connectivity index (χ0v) is 9.86. The Labute approximate surface area is 106 Å². The van der Waals surface area contributed by atoms with Crippen LogP contribution in [0.5, 0.6) is 0 Å². The average Bonchev–Trinajstić information content (AvgIpc) is 2.81. The topological polar surface area (TPSA) is 106 Å². The maximum absolute atomic E-state index is 11.5. The predicted octanol–water partition coefficient (Wildman–Crippen LogP) is 0.552. The monoisotopic (exact) mass is 257 g/mol. The van der Waals surface area contributed by atoms with Crippen molar-refractivity contribution in [2.45, 2.75) is 6.54 Å². The van der Waals surface area contributed by atoms with Crippen molar-refractivity contribution >= 4 is 16.9 Å². The number of anilines is 1. The second-order valence-corrected chi connectivity index (χ2v) is 4.03. The van der Waals surface area contributed by atoms with Crippen molar-refractivity contribution in [1.29, 1.82) is 0 Å². The highest BCUT2D eigenvalue weighted by Crippen LogP contribution is 2.07. The molecule has 0 aliphatic rings. The summed E-state index contributed by atoms with van der Waals surface area (Å²) in [5.41, 5.74) is 0.442. The van der Waals surface area contributed by atoms with Gasteiger partial charge in [0.1, 0.15) is 11.3 Å². The summed E-state index contributed by atoms with van der Waals surface area (Å²) in [6.07, 6.45) is 0. The Balaban J connectivity index is 1.88. The highest BCUT2D eigenvalue weighted by Gasteiger charge is 2.07. The smallest absolute Gasteiger partial charge is 0.327 e. The fraction of sp³-hybridized carbons (Fsp3) is 0.0833. The lowest BCUT2D eigenvalue weighted by Gasteiger charge is -2.02. The number of hydrogen-bond donors (Lipinski definition) is 4. The van der Waals surface area contributed by atoms with E-state index in [4.69, 9.17) is 0 Å². The molecule has 3 rings (SSSR count). The zero-order chi connectivity index (χ0) is 13.2. The van der Waals surface area contributed by atoms with Crippen molar-refractivity contribution in [3.05, 3.63) is 57.0 Å². The normalized spacial score (nSPS) is 10.7. The molecule has 0 saturated carbocycles. The molecule has 0 fully saturated rings. The molecule has 4 N–H and O–H groups in total. The second kappa shape index (κ2) is 4.45. The van der Waals surface area contributed by atoms with Crippen LogP contribution >= 0.6 is 0 Å². The first-order valence-corrected chi connectivity index (χ1v) is 5.72. The van der Waals surface area contributed by atoms with Crippen molar-refractivity contribution in [2.24, 2.45) is 0 Å². The number of fused-ring (bicyclic) bond motifs is 1. The minimum absolute atomic E-state index is 0.263. The number of hydrogen-bond acceptors (Lipinski definition) is 4. The van der Waals surface area contributed by atoms with Gasteiger partial charge in [0.15, 0.2) is 5.65 Å². The van der Waals surface area contributed by atoms with Gasteiger partial charge in [0, 0.05) is 5.69 Å². The number of nitrogens with zero attached hydrogens (tertiary/aromatic N) is 1. The third kappa shape index (κ3) is 2.25. The van der Waals surface area contributed by atoms with Crippen LogP contribution in [-0.4, -0.2) is 19.9 Å². The highest BCUT2D eigenvalue weighted by molar-refractivity contribution is 5.68. The van der Waals surface area contributed by atoms with Crippen LogP contribution in [0.15, 0.2) is 39.9 Å². The first-order valence-electron chi connectivity index (χ1n) is 5.72. The largest absolute Gasteiger partial charge is 0.378 e. The third-order valence-corrected chi connectivity index (χ3v) is 2.67. The Morgan fingerprint density at radius 2 is 1.84 bits per heavy atom. The molecule has 0 aliphatic heterocycles. The molecule has 96 valence electrons. The lowest BCUT2D eigenvalue weighted by molar-refractivity contribution is 1.01. The Bertz CT molecular complexity index is 815. The number of benzene rings is 1. The molecule has 0 radical (unpaired) electrons. The van der Waals surface area contributed by atoms with Crippen LogP contribution in [0.3, 0.4) is 0 Å². The Morgan fingerprint density at radius 3 is 2.63 bits per heavy atom. The molecule has 0 atom stereocenters. The Morgan fingerprint density at radius 1 is 1.05 bits per heavy atom. The standard InChI is InChI=1S/C12H11N5O2/c18-11-9-10(16-12(19)17-11)15-8(14-9)6-13-7-4-2-1-3-5-7/h1-5,13H,6H2,(H3,14,15,16,17,18,19). The van der Waals surface area contributed by atoms with Crippen LogP contribution in [0.1, 0.15) is 5.82 Å². The van der Waals surface area contributed by atoms with Gasteiger partial charge in [-0.25, -0.2) is 9.78 Å². The van der Waals surface area contributed by atoms with Gasteiger partial charge in [-0.1, -0.05) is 18.2 Å². The molecule has 0 spiro atoms. The summed E-state index contributed by atoms with van der Waals surface area (Å²) in [5.74, 6) is 0.575. The van der Waals surface area contributed by atoms with E-state index in [0.29, 0.717) is 12.4 Å². The number of para-hydroxylation sites is 1. The van der Waals surface area contributed by atoms with E-state index in [1.165, 1.54) is 0 Å². The van der Waals surface area contributed by atoms with Crippen LogP contribution in [0, 0.1) is 0 Å². The number of H-pyrrole nitrogens is 3. The van der Waals surface area contributed by atoms with Gasteiger partial charge in [0.05, 0.1) is 6.54 Å². The van der Waals surface area contributed by atoms with Gasteiger partial charge < -0.3 is 10.3 Å². The van der Waals surface area contributed by atoms with E-state index in [2.05, 4.69) is 25.3 Å². The number of nitrogens with one attached hydrogen (secondary N) is 4. The van der Waals surface area contributed by atoms with E-state index in [1.54, 1.807) is 0 Å². The molecule has 0 bridgehead atoms. The van der Waals surface area contributed by atoms with E-state index in [1.807, 2.05) is 30.3 Å². The number of rotatable bonds is 3. The SMILES string of the molecule is O=c1[nH]c(=O)c2[nH]c(CNc3ccccc3)nc2[nH]1. The number of aromatic amines is 3. The maximum Gasteiger partial charge on any atom is 0.327 e. The molecule has 19 heavy (non-hydrogen) atoms. The molecule has 1 aromatic carbocycles. The molecule has 2 heterocycles. The third-order valence-electron chi connectivity index (χ3n) is 2.67. The summed E-state index contributed by atoms with van der Waals surface area (Å²) in [4.78, 5) is 34.3. The van der Waals surface area contributed by atoms with Crippen LogP contribution in [-0.2, 0) is 6.54 Å². The quantitative estimate of drug-likeness (QED) is 0.549. The molecule has 0 saturated heterocycles. The molecular formula is C12H11N5O2. The van der Waals surface area contributed by atoms with Crippen molar-refractivity contribution < 1.29 is 0 Å². The lowest BCUT2D eigenvalue weighted by atomic mass is 10.3. The predicted molar refractivity (Wildman–Crippen MR) is 71.1 cm³/mol. The summed E-state index contributed by atoms with van der Waals surface area (Å²) in [5, 5.41) is 3.16. The molecule has 0 aliphatic carbocycles. The zero-order valence-electron chi connectivity index (χ0n) is 9.86. The molecule has 0 unspecified atom stereocenters. The van der Waals surface area contributed by atoms with Crippen molar-refractivity contribution in [3.8, 4) is 0 Å². The van der Waals surface area contributed by atoms with Gasteiger partial charge in [-0.05, 0) is 12.1 Å². The van der Waals surface area contributed by atoms with Crippen LogP contribution < -0.4 is 16.6 Å². The summed E-state index contributed by atoms with van der Waals surface area (Å²) in [7, 11) is 0. The summed E-state index contributed by atoms with van der Waals surface area (Å²) in [6.45, 7) is 0.431. The molecule has 0 amide bonds. The summed E-state index contributed by atoms with van der Waals surface area (Å²) >= 11 is 0. The maximum atomic E-state index is 11.5. The minimum Gasteiger partial charge on any atom is -0.378 e. The number of aromatic nitrogens is 4. The van der Waals surface area contributed by atoms with E-state index < -0.39 is 11.2 Å². The van der Waals surface area contributed by atoms with Gasteiger partial charge in [-0.2, -0.15) is 0 Å². The van der Waals surface area contributed by atoms with Crippen molar-refractivity contribution in [1.82, 2.24) is 19.9 Å². The molecule has 7 heteroatoms. The molecule has 3 aromatic rings. The van der Waals surface area contributed by atoms with Gasteiger partial charge >= 0.3 is 5.69 Å². The van der Waals surface area contributed by atoms with Crippen LogP contribution in [0.4, 0.5) is 5.69 Å². The van der Waals surface area contributed by atoms with Crippen molar-refractivity contribution in [2.75, 3.05) is 5.32 Å². The molecule has 7 nitrogen and oxygen atoms in total. The van der Waals surface area contributed by atoms with E-state index in [9.17, 15) is 9.59 Å². The molecule has 2 aromatic heterocycles. The van der Waals surface area contributed by atoms with E-state index in [-0.39, 0.29) is 11.2 Å². The first kappa shape index (κ1) is 11.3. The average molecular weight is 257 g/mol. The van der Waals surface area contributed by atoms with Gasteiger partial charge in [0.2, 0.25) is 0 Å². The Kier molecular flexibility index (Phi) is 2.64. The van der Waals surface area contributed by atoms with Gasteiger partial charge in [-0.3, -0.25) is 14.8 Å². The minimum atomic E-state index is -0.563. The fourth-order valence-corrected chi connectivity index (χ4v) is 1.81. The summed E-state index contributed by atoms with van der Waals surface area (Å²) in [6, 6.07) is 9.62. The fourth-order valence-electron chi connectivity index (χ4n) is 1.81. The first-order chi connectivity index (χ1) is 9.22. The van der Waals surface area contributed by atoms with E-state index >= 15 is 0 Å². The van der Waals surface area contributed by atoms with E-state index in [0.717, 1.165) is 5.69 Å². The lowest BCUT2D eigenvalue weighted by Crippen LogP contribution is -2.21. The number of imidazole rings is 1. The van der Waals surface area contributed by atoms with Gasteiger partial charge in [0.25, 0.3) is 5.56 Å². The molecular weight excluding hydrogens is 246 g/mol. The Hall–Kier alpha value is -2.83. The highest BCUT2D eigenvalue weighted by atomic mass is 16.2. The van der Waals surface area contributed by atoms with Crippen LogP contribution in [0.25, 0.3) is 11.2 Å². The van der Waals surface area contributed by atoms with Gasteiger partial charge in [-0.15, -0.1) is 0 Å². The van der Waals surface area contributed by atoms with Crippen molar-refractivity contribution in [3.63, 3.8) is 0 Å².